The van der Waals surface area contributed by atoms with Gasteiger partial charge in [0.25, 0.3) is 0 Å². The van der Waals surface area contributed by atoms with Gasteiger partial charge in [-0.25, -0.2) is 9.78 Å². The SMILES string of the molecule is Cc1ccc(C(=O)C(C)OC(=O)c2cc(-c3ccc(N4C(=O)C5CC=CC(C)C5C4=O)cc3)nc3c(C)c(Cl)c(Br)cc23)cc1. The third-order valence-electron chi connectivity index (χ3n) is 8.73. The fraction of sp³-hybridized carbons (Fsp3) is 0.250. The minimum Gasteiger partial charge on any atom is -0.451 e. The molecular formula is C36H30BrClN2O5. The van der Waals surface area contributed by atoms with E-state index in [2.05, 4.69) is 15.9 Å². The number of amides is 2. The van der Waals surface area contributed by atoms with Crippen molar-refractivity contribution in [1.82, 2.24) is 4.98 Å². The highest BCUT2D eigenvalue weighted by Gasteiger charge is 2.50. The molecule has 7 nitrogen and oxygen atoms in total. The van der Waals surface area contributed by atoms with Crippen LogP contribution in [0, 0.1) is 31.6 Å². The molecule has 1 saturated heterocycles. The van der Waals surface area contributed by atoms with Crippen molar-refractivity contribution in [1.29, 1.82) is 0 Å². The van der Waals surface area contributed by atoms with E-state index in [1.54, 1.807) is 55.5 Å². The van der Waals surface area contributed by atoms with Gasteiger partial charge >= 0.3 is 5.97 Å². The Morgan fingerprint density at radius 3 is 2.38 bits per heavy atom. The summed E-state index contributed by atoms with van der Waals surface area (Å²) in [5.74, 6) is -2.07. The number of benzene rings is 3. The standard InChI is InChI=1S/C36H30BrClN2O5/c1-18-8-10-23(11-9-18)33(41)21(4)45-36(44)27-17-29(39-32-20(3)31(38)28(37)16-26(27)32)22-12-14-24(15-13-22)40-34(42)25-7-5-6-19(2)30(25)35(40)43/h5-6,8-17,19,21,25,30H,7H2,1-4H3. The van der Waals surface area contributed by atoms with Crippen molar-refractivity contribution in [3.05, 3.63) is 105 Å². The van der Waals surface area contributed by atoms with Gasteiger partial charge in [0, 0.05) is 21.0 Å². The number of fused-ring (bicyclic) bond motifs is 2. The highest BCUT2D eigenvalue weighted by atomic mass is 79.9. The molecule has 2 heterocycles. The average molecular weight is 686 g/mol. The number of hydrogen-bond acceptors (Lipinski definition) is 6. The predicted molar refractivity (Wildman–Crippen MR) is 177 cm³/mol. The molecule has 0 bridgehead atoms. The summed E-state index contributed by atoms with van der Waals surface area (Å²) in [6.07, 6.45) is 3.50. The molecule has 228 valence electrons. The molecule has 1 aliphatic heterocycles. The second-order valence-electron chi connectivity index (χ2n) is 11.7. The second-order valence-corrected chi connectivity index (χ2v) is 13.0. The number of aryl methyl sites for hydroxylation is 2. The van der Waals surface area contributed by atoms with E-state index in [1.807, 2.05) is 45.1 Å². The fourth-order valence-electron chi connectivity index (χ4n) is 6.19. The first kappa shape index (κ1) is 30.9. The van der Waals surface area contributed by atoms with Crippen molar-refractivity contribution in [2.45, 2.75) is 40.2 Å². The van der Waals surface area contributed by atoms with Crippen LogP contribution in [0.15, 0.2) is 77.3 Å². The lowest BCUT2D eigenvalue weighted by molar-refractivity contribution is -0.122. The summed E-state index contributed by atoms with van der Waals surface area (Å²) in [7, 11) is 0. The molecule has 4 aromatic rings. The number of Topliss-reactive ketones (excluding diaryl/α,β-unsaturated/α-hetero) is 1. The van der Waals surface area contributed by atoms with Crippen molar-refractivity contribution in [3.8, 4) is 11.3 Å². The largest absolute Gasteiger partial charge is 0.451 e. The molecule has 4 unspecified atom stereocenters. The van der Waals surface area contributed by atoms with Crippen molar-refractivity contribution >= 4 is 67.7 Å². The maximum Gasteiger partial charge on any atom is 0.339 e. The number of hydrogen-bond donors (Lipinski definition) is 0. The minimum absolute atomic E-state index is 0.00514. The first-order chi connectivity index (χ1) is 21.5. The summed E-state index contributed by atoms with van der Waals surface area (Å²) in [6.45, 7) is 7.26. The highest BCUT2D eigenvalue weighted by Crippen LogP contribution is 2.41. The Hall–Kier alpha value is -4.14. The molecule has 0 radical (unpaired) electrons. The Morgan fingerprint density at radius 1 is 1.02 bits per heavy atom. The van der Waals surface area contributed by atoms with Crippen LogP contribution >= 0.6 is 27.5 Å². The molecule has 1 fully saturated rings. The van der Waals surface area contributed by atoms with E-state index in [4.69, 9.17) is 21.3 Å². The lowest BCUT2D eigenvalue weighted by Crippen LogP contribution is -2.31. The van der Waals surface area contributed by atoms with Crippen LogP contribution in [0.4, 0.5) is 5.69 Å². The second kappa shape index (κ2) is 12.0. The number of rotatable bonds is 6. The Kier molecular flexibility index (Phi) is 8.22. The number of carbonyl (C=O) groups is 4. The van der Waals surface area contributed by atoms with Crippen LogP contribution in [0.5, 0.6) is 0 Å². The molecule has 9 heteroatoms. The van der Waals surface area contributed by atoms with Gasteiger partial charge in [-0.1, -0.05) is 72.6 Å². The van der Waals surface area contributed by atoms with Gasteiger partial charge in [0.05, 0.1) is 39.3 Å². The predicted octanol–water partition coefficient (Wildman–Crippen LogP) is 8.06. The molecule has 45 heavy (non-hydrogen) atoms. The Labute approximate surface area is 274 Å². The number of ether oxygens (including phenoxy) is 1. The van der Waals surface area contributed by atoms with Gasteiger partial charge in [-0.15, -0.1) is 0 Å². The van der Waals surface area contributed by atoms with Gasteiger partial charge in [-0.3, -0.25) is 19.3 Å². The van der Waals surface area contributed by atoms with Crippen LogP contribution in [0.3, 0.4) is 0 Å². The third kappa shape index (κ3) is 5.51. The van der Waals surface area contributed by atoms with E-state index in [-0.39, 0.29) is 40.9 Å². The van der Waals surface area contributed by atoms with Gasteiger partial charge in [0.15, 0.2) is 6.10 Å². The molecule has 3 aromatic carbocycles. The average Bonchev–Trinajstić information content (AvgIpc) is 3.29. The Balaban J connectivity index is 1.35. The number of aromatic nitrogens is 1. The molecule has 1 aromatic heterocycles. The number of ketones is 1. The normalized spacial score (nSPS) is 20.0. The van der Waals surface area contributed by atoms with E-state index >= 15 is 0 Å². The van der Waals surface area contributed by atoms with Gasteiger partial charge in [0.1, 0.15) is 0 Å². The van der Waals surface area contributed by atoms with Crippen molar-refractivity contribution < 1.29 is 23.9 Å². The molecule has 0 N–H and O–H groups in total. The molecule has 1 aliphatic carbocycles. The van der Waals surface area contributed by atoms with E-state index in [0.29, 0.717) is 54.9 Å². The number of esters is 1. The van der Waals surface area contributed by atoms with Crippen LogP contribution in [-0.2, 0) is 14.3 Å². The molecule has 4 atom stereocenters. The van der Waals surface area contributed by atoms with Gasteiger partial charge in [-0.05, 0) is 78.9 Å². The van der Waals surface area contributed by atoms with Crippen LogP contribution in [-0.4, -0.2) is 34.7 Å². The van der Waals surface area contributed by atoms with E-state index in [9.17, 15) is 19.2 Å². The summed E-state index contributed by atoms with van der Waals surface area (Å²) in [6, 6.07) is 17.4. The summed E-state index contributed by atoms with van der Waals surface area (Å²) < 4.78 is 6.30. The number of anilines is 1. The first-order valence-electron chi connectivity index (χ1n) is 14.7. The molecule has 6 rings (SSSR count). The maximum absolute atomic E-state index is 13.7. The minimum atomic E-state index is -1.03. The maximum atomic E-state index is 13.7. The lowest BCUT2D eigenvalue weighted by atomic mass is 9.78. The summed E-state index contributed by atoms with van der Waals surface area (Å²) in [4.78, 5) is 59.4. The molecule has 0 saturated carbocycles. The highest BCUT2D eigenvalue weighted by molar-refractivity contribution is 9.10. The summed E-state index contributed by atoms with van der Waals surface area (Å²) >= 11 is 10.0. The number of pyridine rings is 1. The van der Waals surface area contributed by atoms with Gasteiger partial charge in [0.2, 0.25) is 17.6 Å². The van der Waals surface area contributed by atoms with Crippen LogP contribution < -0.4 is 4.90 Å². The smallest absolute Gasteiger partial charge is 0.339 e. The molecule has 0 spiro atoms. The van der Waals surface area contributed by atoms with E-state index in [0.717, 1.165) is 5.56 Å². The Morgan fingerprint density at radius 2 is 1.71 bits per heavy atom. The number of halogens is 2. The van der Waals surface area contributed by atoms with Crippen molar-refractivity contribution in [2.75, 3.05) is 4.90 Å². The monoisotopic (exact) mass is 684 g/mol. The van der Waals surface area contributed by atoms with Gasteiger partial charge in [-0.2, -0.15) is 0 Å². The third-order valence-corrected chi connectivity index (χ3v) is 10.1. The zero-order valence-electron chi connectivity index (χ0n) is 25.1. The zero-order valence-corrected chi connectivity index (χ0v) is 27.5. The first-order valence-corrected chi connectivity index (χ1v) is 15.9. The molecular weight excluding hydrogens is 656 g/mol. The number of allylic oxidation sites excluding steroid dienone is 2. The lowest BCUT2D eigenvalue weighted by Gasteiger charge is -2.22. The van der Waals surface area contributed by atoms with Crippen LogP contribution in [0.2, 0.25) is 5.02 Å². The number of carbonyl (C=O) groups excluding carboxylic acids is 4. The zero-order chi connectivity index (χ0) is 32.2. The summed E-state index contributed by atoms with van der Waals surface area (Å²) in [5.41, 5.74) is 4.46. The van der Waals surface area contributed by atoms with Crippen LogP contribution in [0.25, 0.3) is 22.2 Å². The summed E-state index contributed by atoms with van der Waals surface area (Å²) in [5, 5.41) is 0.976. The quantitative estimate of drug-likeness (QED) is 0.0882. The number of nitrogens with zero attached hydrogens (tertiary/aromatic N) is 2. The van der Waals surface area contributed by atoms with E-state index in [1.165, 1.54) is 4.90 Å². The fourth-order valence-corrected chi connectivity index (χ4v) is 6.86. The van der Waals surface area contributed by atoms with Crippen molar-refractivity contribution in [2.24, 2.45) is 17.8 Å². The topological polar surface area (TPSA) is 93.6 Å². The van der Waals surface area contributed by atoms with Crippen LogP contribution in [0.1, 0.15) is 52.1 Å². The Bertz CT molecular complexity index is 1920. The molecule has 2 aliphatic rings. The van der Waals surface area contributed by atoms with E-state index < -0.39 is 12.1 Å². The van der Waals surface area contributed by atoms with Crippen molar-refractivity contribution in [3.63, 3.8) is 0 Å². The van der Waals surface area contributed by atoms with Gasteiger partial charge < -0.3 is 4.74 Å². The molecule has 2 amide bonds. The number of imide groups is 1.